The van der Waals surface area contributed by atoms with Crippen LogP contribution < -0.4 is 10.6 Å². The Morgan fingerprint density at radius 2 is 2.50 bits per heavy atom. The number of rotatable bonds is 5. The first-order valence-electron chi connectivity index (χ1n) is 6.77. The maximum absolute atomic E-state index is 12.4. The van der Waals surface area contributed by atoms with Crippen molar-refractivity contribution in [2.75, 3.05) is 6.54 Å². The Morgan fingerprint density at radius 1 is 1.67 bits per heavy atom. The van der Waals surface area contributed by atoms with Gasteiger partial charge in [-0.05, 0) is 44.9 Å². The number of hydrogen-bond donors (Lipinski definition) is 2. The molecule has 0 aliphatic carbocycles. The molecular weight excluding hydrogens is 228 g/mol. The van der Waals surface area contributed by atoms with E-state index < -0.39 is 0 Å². The third kappa shape index (κ3) is 2.58. The molecular formula is C14H22N2O2. The van der Waals surface area contributed by atoms with Gasteiger partial charge in [0.15, 0.2) is 0 Å². The topological polar surface area (TPSA) is 54.3 Å². The molecule has 1 saturated heterocycles. The van der Waals surface area contributed by atoms with Crippen LogP contribution in [0.1, 0.15) is 51.3 Å². The number of carbonyl (C=O) groups is 1. The fraction of sp³-hybridized carbons (Fsp3) is 0.643. The minimum absolute atomic E-state index is 0.0800. The van der Waals surface area contributed by atoms with Crippen molar-refractivity contribution in [1.29, 1.82) is 0 Å². The average molecular weight is 250 g/mol. The third-order valence-corrected chi connectivity index (χ3v) is 3.67. The van der Waals surface area contributed by atoms with Crippen molar-refractivity contribution in [3.63, 3.8) is 0 Å². The molecule has 1 aromatic heterocycles. The van der Waals surface area contributed by atoms with Crippen LogP contribution in [0.25, 0.3) is 0 Å². The predicted octanol–water partition coefficient (Wildman–Crippen LogP) is 2.38. The molecule has 1 aliphatic heterocycles. The van der Waals surface area contributed by atoms with Gasteiger partial charge in [-0.2, -0.15) is 0 Å². The van der Waals surface area contributed by atoms with E-state index in [1.807, 2.05) is 19.1 Å². The second kappa shape index (κ2) is 5.57. The third-order valence-electron chi connectivity index (χ3n) is 3.67. The molecule has 2 heterocycles. The molecule has 0 saturated carbocycles. The Kier molecular flexibility index (Phi) is 4.07. The van der Waals surface area contributed by atoms with Gasteiger partial charge in [0.1, 0.15) is 5.76 Å². The van der Waals surface area contributed by atoms with E-state index in [0.717, 1.165) is 38.0 Å². The number of furan rings is 1. The van der Waals surface area contributed by atoms with Gasteiger partial charge in [-0.15, -0.1) is 0 Å². The zero-order valence-corrected chi connectivity index (χ0v) is 11.2. The average Bonchev–Trinajstić information content (AvgIpc) is 3.00. The summed E-state index contributed by atoms with van der Waals surface area (Å²) in [6.45, 7) is 5.00. The molecule has 2 unspecified atom stereocenters. The molecule has 1 aliphatic rings. The molecule has 0 aromatic carbocycles. The Balaban J connectivity index is 2.01. The Labute approximate surface area is 108 Å². The summed E-state index contributed by atoms with van der Waals surface area (Å²) in [7, 11) is 0. The van der Waals surface area contributed by atoms with Gasteiger partial charge in [-0.3, -0.25) is 4.79 Å². The maximum atomic E-state index is 12.4. The number of nitrogens with one attached hydrogen (secondary N) is 2. The summed E-state index contributed by atoms with van der Waals surface area (Å²) >= 11 is 0. The molecule has 1 amide bonds. The van der Waals surface area contributed by atoms with Gasteiger partial charge < -0.3 is 15.1 Å². The van der Waals surface area contributed by atoms with E-state index in [4.69, 9.17) is 4.42 Å². The van der Waals surface area contributed by atoms with Crippen LogP contribution in [0.15, 0.2) is 22.8 Å². The molecule has 0 bridgehead atoms. The van der Waals surface area contributed by atoms with Crippen molar-refractivity contribution in [3.8, 4) is 0 Å². The summed E-state index contributed by atoms with van der Waals surface area (Å²) in [5, 5.41) is 6.43. The van der Waals surface area contributed by atoms with E-state index in [0.29, 0.717) is 0 Å². The van der Waals surface area contributed by atoms with Crippen molar-refractivity contribution in [2.45, 2.75) is 51.1 Å². The second-order valence-electron chi connectivity index (χ2n) is 5.07. The molecule has 4 heteroatoms. The summed E-state index contributed by atoms with van der Waals surface area (Å²) in [5.41, 5.74) is -0.365. The van der Waals surface area contributed by atoms with Gasteiger partial charge in [0.2, 0.25) is 5.91 Å². The highest BCUT2D eigenvalue weighted by Gasteiger charge is 2.40. The van der Waals surface area contributed by atoms with Gasteiger partial charge in [0.05, 0.1) is 17.8 Å². The van der Waals surface area contributed by atoms with Gasteiger partial charge in [0, 0.05) is 0 Å². The van der Waals surface area contributed by atoms with Crippen molar-refractivity contribution in [3.05, 3.63) is 24.2 Å². The summed E-state index contributed by atoms with van der Waals surface area (Å²) in [5.74, 6) is 0.902. The van der Waals surface area contributed by atoms with E-state index in [9.17, 15) is 4.79 Å². The number of amides is 1. The first-order chi connectivity index (χ1) is 8.68. The molecule has 2 rings (SSSR count). The number of hydrogen-bond acceptors (Lipinski definition) is 3. The smallest absolute Gasteiger partial charge is 0.240 e. The molecule has 2 atom stereocenters. The van der Waals surface area contributed by atoms with Crippen molar-refractivity contribution in [2.24, 2.45) is 0 Å². The lowest BCUT2D eigenvalue weighted by atomic mass is 9.90. The Bertz CT molecular complexity index is 381. The van der Waals surface area contributed by atoms with Crippen LogP contribution in [0.5, 0.6) is 0 Å². The lowest BCUT2D eigenvalue weighted by Crippen LogP contribution is -2.53. The van der Waals surface area contributed by atoms with Gasteiger partial charge in [0.25, 0.3) is 0 Å². The van der Waals surface area contributed by atoms with E-state index >= 15 is 0 Å². The summed E-state index contributed by atoms with van der Waals surface area (Å²) in [6, 6.07) is 3.65. The van der Waals surface area contributed by atoms with Crippen LogP contribution in [0.3, 0.4) is 0 Å². The molecule has 0 radical (unpaired) electrons. The normalized spacial score (nSPS) is 25.0. The van der Waals surface area contributed by atoms with Gasteiger partial charge in [-0.1, -0.05) is 13.3 Å². The van der Waals surface area contributed by atoms with Crippen LogP contribution in [0.2, 0.25) is 0 Å². The number of carbonyl (C=O) groups excluding carboxylic acids is 1. The molecule has 100 valence electrons. The molecule has 18 heavy (non-hydrogen) atoms. The molecule has 1 aromatic rings. The Hall–Kier alpha value is -1.29. The largest absolute Gasteiger partial charge is 0.467 e. The van der Waals surface area contributed by atoms with Gasteiger partial charge >= 0.3 is 0 Å². The van der Waals surface area contributed by atoms with Crippen LogP contribution in [0, 0.1) is 0 Å². The monoisotopic (exact) mass is 250 g/mol. The predicted molar refractivity (Wildman–Crippen MR) is 70.1 cm³/mol. The summed E-state index contributed by atoms with van der Waals surface area (Å²) < 4.78 is 5.32. The van der Waals surface area contributed by atoms with Crippen molar-refractivity contribution in [1.82, 2.24) is 10.6 Å². The zero-order valence-electron chi connectivity index (χ0n) is 11.2. The van der Waals surface area contributed by atoms with E-state index in [1.54, 1.807) is 6.26 Å². The maximum Gasteiger partial charge on any atom is 0.240 e. The van der Waals surface area contributed by atoms with Crippen LogP contribution in [0.4, 0.5) is 0 Å². The van der Waals surface area contributed by atoms with E-state index in [-0.39, 0.29) is 17.5 Å². The van der Waals surface area contributed by atoms with Crippen LogP contribution in [-0.4, -0.2) is 18.0 Å². The standard InChI is InChI=1S/C14H22N2O2/c1-3-7-14(8-5-9-15-14)13(17)16-11(2)12-6-4-10-18-12/h4,6,10-11,15H,3,5,7-9H2,1-2H3,(H,16,17). The molecule has 2 N–H and O–H groups in total. The fourth-order valence-electron chi connectivity index (χ4n) is 2.70. The van der Waals surface area contributed by atoms with Crippen molar-refractivity contribution < 1.29 is 9.21 Å². The SMILES string of the molecule is CCCC1(C(=O)NC(C)c2ccco2)CCCN1. The highest BCUT2D eigenvalue weighted by Crippen LogP contribution is 2.26. The molecule has 0 spiro atoms. The lowest BCUT2D eigenvalue weighted by Gasteiger charge is -2.29. The van der Waals surface area contributed by atoms with Gasteiger partial charge in [-0.25, -0.2) is 0 Å². The molecule has 1 fully saturated rings. The molecule has 4 nitrogen and oxygen atoms in total. The minimum Gasteiger partial charge on any atom is -0.467 e. The first kappa shape index (κ1) is 13.1. The second-order valence-corrected chi connectivity index (χ2v) is 5.07. The van der Waals surface area contributed by atoms with Crippen molar-refractivity contribution >= 4 is 5.91 Å². The zero-order chi connectivity index (χ0) is 13.0. The Morgan fingerprint density at radius 3 is 3.06 bits per heavy atom. The summed E-state index contributed by atoms with van der Waals surface area (Å²) in [6.07, 6.45) is 5.53. The fourth-order valence-corrected chi connectivity index (χ4v) is 2.70. The quantitative estimate of drug-likeness (QED) is 0.843. The van der Waals surface area contributed by atoms with E-state index in [2.05, 4.69) is 17.6 Å². The minimum atomic E-state index is -0.365. The highest BCUT2D eigenvalue weighted by atomic mass is 16.3. The highest BCUT2D eigenvalue weighted by molar-refractivity contribution is 5.87. The van der Waals surface area contributed by atoms with Crippen LogP contribution in [-0.2, 0) is 4.79 Å². The van der Waals surface area contributed by atoms with Crippen LogP contribution >= 0.6 is 0 Å². The summed E-state index contributed by atoms with van der Waals surface area (Å²) in [4.78, 5) is 12.4. The van der Waals surface area contributed by atoms with E-state index in [1.165, 1.54) is 0 Å². The lowest BCUT2D eigenvalue weighted by molar-refractivity contribution is -0.128. The first-order valence-corrected chi connectivity index (χ1v) is 6.77.